The molecule has 2 atom stereocenters. The van der Waals surface area contributed by atoms with E-state index in [1.54, 1.807) is 6.07 Å². The molecular formula is C14H20ClNO2. The molecule has 0 amide bonds. The summed E-state index contributed by atoms with van der Waals surface area (Å²) < 4.78 is 5.82. The molecule has 3 nitrogen and oxygen atoms in total. The molecule has 1 heterocycles. The van der Waals surface area contributed by atoms with E-state index in [1.807, 2.05) is 18.2 Å². The van der Waals surface area contributed by atoms with Crippen molar-refractivity contribution in [3.8, 4) is 5.75 Å². The van der Waals surface area contributed by atoms with Crippen LogP contribution in [0, 0.1) is 0 Å². The molecule has 0 bridgehead atoms. The smallest absolute Gasteiger partial charge is 0.187 e. The molecule has 18 heavy (non-hydrogen) atoms. The fourth-order valence-electron chi connectivity index (χ4n) is 2.19. The minimum Gasteiger partial charge on any atom is -0.488 e. The number of rotatable bonds is 4. The number of ether oxygens (including phenoxy) is 1. The van der Waals surface area contributed by atoms with Crippen molar-refractivity contribution in [2.75, 3.05) is 0 Å². The summed E-state index contributed by atoms with van der Waals surface area (Å²) in [4.78, 5) is 12.1. The Balaban J connectivity index is 0.00000162. The lowest BCUT2D eigenvalue weighted by Crippen LogP contribution is -2.48. The van der Waals surface area contributed by atoms with Crippen LogP contribution in [0.25, 0.3) is 0 Å². The van der Waals surface area contributed by atoms with E-state index >= 15 is 0 Å². The zero-order valence-corrected chi connectivity index (χ0v) is 11.4. The Kier molecular flexibility index (Phi) is 5.63. The molecule has 0 radical (unpaired) electrons. The second-order valence-electron chi connectivity index (χ2n) is 4.54. The van der Waals surface area contributed by atoms with Gasteiger partial charge in [-0.15, -0.1) is 12.4 Å². The first kappa shape index (κ1) is 15.0. The van der Waals surface area contributed by atoms with Gasteiger partial charge >= 0.3 is 0 Å². The molecule has 0 spiro atoms. The van der Waals surface area contributed by atoms with Crippen LogP contribution in [0.5, 0.6) is 5.75 Å². The van der Waals surface area contributed by atoms with Crippen LogP contribution in [0.1, 0.15) is 43.0 Å². The summed E-state index contributed by atoms with van der Waals surface area (Å²) in [7, 11) is 0. The van der Waals surface area contributed by atoms with Crippen LogP contribution in [0.15, 0.2) is 24.3 Å². The largest absolute Gasteiger partial charge is 0.488 e. The van der Waals surface area contributed by atoms with Crippen molar-refractivity contribution in [1.82, 2.24) is 0 Å². The Morgan fingerprint density at radius 2 is 2.00 bits per heavy atom. The molecule has 0 fully saturated rings. The average Bonchev–Trinajstić information content (AvgIpc) is 2.35. The first-order valence-electron chi connectivity index (χ1n) is 6.29. The van der Waals surface area contributed by atoms with Gasteiger partial charge in [-0.2, -0.15) is 0 Å². The number of hydrogen-bond donors (Lipinski definition) is 1. The lowest BCUT2D eigenvalue weighted by molar-refractivity contribution is 0.0770. The van der Waals surface area contributed by atoms with Crippen LogP contribution >= 0.6 is 12.4 Å². The maximum absolute atomic E-state index is 12.1. The summed E-state index contributed by atoms with van der Waals surface area (Å²) in [6.07, 6.45) is 4.07. The van der Waals surface area contributed by atoms with Crippen molar-refractivity contribution in [1.29, 1.82) is 0 Å². The molecule has 1 aromatic rings. The lowest BCUT2D eigenvalue weighted by Gasteiger charge is -2.30. The third-order valence-electron chi connectivity index (χ3n) is 3.23. The molecule has 0 saturated heterocycles. The summed E-state index contributed by atoms with van der Waals surface area (Å²) >= 11 is 0. The van der Waals surface area contributed by atoms with Crippen LogP contribution < -0.4 is 10.5 Å². The number of nitrogens with two attached hydrogens (primary N) is 1. The van der Waals surface area contributed by atoms with E-state index in [4.69, 9.17) is 10.5 Å². The predicted octanol–water partition coefficient (Wildman–Crippen LogP) is 2.96. The van der Waals surface area contributed by atoms with E-state index in [0.717, 1.165) is 25.7 Å². The quantitative estimate of drug-likeness (QED) is 0.855. The number of carbonyl (C=O) groups is 1. The average molecular weight is 270 g/mol. The Labute approximate surface area is 114 Å². The zero-order valence-electron chi connectivity index (χ0n) is 10.6. The van der Waals surface area contributed by atoms with Gasteiger partial charge in [0, 0.05) is 0 Å². The number of halogens is 1. The maximum atomic E-state index is 12.1. The number of benzene rings is 1. The van der Waals surface area contributed by atoms with E-state index in [1.165, 1.54) is 0 Å². The molecule has 2 rings (SSSR count). The summed E-state index contributed by atoms with van der Waals surface area (Å²) in [6, 6.07) is 6.82. The summed E-state index contributed by atoms with van der Waals surface area (Å²) in [5.41, 5.74) is 6.56. The van der Waals surface area contributed by atoms with Gasteiger partial charge in [0.05, 0.1) is 5.56 Å². The highest BCUT2D eigenvalue weighted by atomic mass is 35.5. The monoisotopic (exact) mass is 269 g/mol. The van der Waals surface area contributed by atoms with Crippen LogP contribution in [0.2, 0.25) is 0 Å². The third-order valence-corrected chi connectivity index (χ3v) is 3.23. The Hall–Kier alpha value is -1.06. The molecule has 0 aliphatic carbocycles. The Morgan fingerprint density at radius 1 is 1.28 bits per heavy atom. The Bertz CT molecular complexity index is 409. The van der Waals surface area contributed by atoms with Gasteiger partial charge < -0.3 is 10.5 Å². The van der Waals surface area contributed by atoms with Gasteiger partial charge in [-0.1, -0.05) is 31.9 Å². The number of hydrogen-bond acceptors (Lipinski definition) is 3. The van der Waals surface area contributed by atoms with Crippen LogP contribution in [-0.4, -0.2) is 17.9 Å². The molecule has 0 saturated carbocycles. The van der Waals surface area contributed by atoms with Gasteiger partial charge in [-0.25, -0.2) is 0 Å². The molecule has 100 valence electrons. The summed E-state index contributed by atoms with van der Waals surface area (Å²) in [5.74, 6) is 0.689. The maximum Gasteiger partial charge on any atom is 0.187 e. The van der Waals surface area contributed by atoms with Gasteiger partial charge in [0.25, 0.3) is 0 Å². The Morgan fingerprint density at radius 3 is 2.72 bits per heavy atom. The predicted molar refractivity (Wildman–Crippen MR) is 74.6 cm³/mol. The molecule has 1 aliphatic heterocycles. The number of Topliss-reactive ketones (excluding diaryl/α,β-unsaturated/α-hetero) is 1. The molecule has 2 N–H and O–H groups in total. The van der Waals surface area contributed by atoms with Gasteiger partial charge in [0.15, 0.2) is 5.78 Å². The molecule has 0 aromatic heterocycles. The summed E-state index contributed by atoms with van der Waals surface area (Å²) in [5, 5.41) is 0. The standard InChI is InChI=1S/C14H19NO2.ClH/c1-2-3-4-9-12-13(15)14(16)10-7-5-6-8-11(10)17-12;/h5-8,12-13H,2-4,9,15H2,1H3;1H. The fraction of sp³-hybridized carbons (Fsp3) is 0.500. The second-order valence-corrected chi connectivity index (χ2v) is 4.54. The number of fused-ring (bicyclic) bond motifs is 1. The van der Waals surface area contributed by atoms with E-state index in [2.05, 4.69) is 6.92 Å². The van der Waals surface area contributed by atoms with Crippen molar-refractivity contribution in [3.05, 3.63) is 29.8 Å². The highest BCUT2D eigenvalue weighted by molar-refractivity contribution is 6.03. The lowest BCUT2D eigenvalue weighted by atomic mass is 9.93. The van der Waals surface area contributed by atoms with Gasteiger partial charge in [0.1, 0.15) is 17.9 Å². The normalized spacial score (nSPS) is 21.8. The van der Waals surface area contributed by atoms with E-state index < -0.39 is 6.04 Å². The molecular weight excluding hydrogens is 250 g/mol. The van der Waals surface area contributed by atoms with Crippen LogP contribution in [-0.2, 0) is 0 Å². The minimum atomic E-state index is -0.512. The number of carbonyl (C=O) groups excluding carboxylic acids is 1. The highest BCUT2D eigenvalue weighted by Crippen LogP contribution is 2.28. The topological polar surface area (TPSA) is 52.3 Å². The molecule has 4 heteroatoms. The SMILES string of the molecule is CCCCCC1Oc2ccccc2C(=O)C1N.Cl. The first-order chi connectivity index (χ1) is 8.24. The van der Waals surface area contributed by atoms with E-state index in [-0.39, 0.29) is 24.3 Å². The van der Waals surface area contributed by atoms with Gasteiger partial charge in [-0.05, 0) is 25.0 Å². The van der Waals surface area contributed by atoms with Crippen molar-refractivity contribution in [2.45, 2.75) is 44.8 Å². The van der Waals surface area contributed by atoms with E-state index in [9.17, 15) is 4.79 Å². The number of unbranched alkanes of at least 4 members (excludes halogenated alkanes) is 2. The number of ketones is 1. The third kappa shape index (κ3) is 3.03. The molecule has 1 aromatic carbocycles. The fourth-order valence-corrected chi connectivity index (χ4v) is 2.19. The summed E-state index contributed by atoms with van der Waals surface area (Å²) in [6.45, 7) is 2.15. The number of para-hydroxylation sites is 1. The van der Waals surface area contributed by atoms with Gasteiger partial charge in [-0.3, -0.25) is 4.79 Å². The van der Waals surface area contributed by atoms with Crippen LogP contribution in [0.4, 0.5) is 0 Å². The minimum absolute atomic E-state index is 0. The van der Waals surface area contributed by atoms with Crippen LogP contribution in [0.3, 0.4) is 0 Å². The van der Waals surface area contributed by atoms with Crippen molar-refractivity contribution < 1.29 is 9.53 Å². The van der Waals surface area contributed by atoms with E-state index in [0.29, 0.717) is 11.3 Å². The molecule has 1 aliphatic rings. The van der Waals surface area contributed by atoms with Crippen molar-refractivity contribution in [2.24, 2.45) is 5.73 Å². The van der Waals surface area contributed by atoms with Crippen molar-refractivity contribution >= 4 is 18.2 Å². The first-order valence-corrected chi connectivity index (χ1v) is 6.29. The van der Waals surface area contributed by atoms with Gasteiger partial charge in [0.2, 0.25) is 0 Å². The van der Waals surface area contributed by atoms with Crippen molar-refractivity contribution in [3.63, 3.8) is 0 Å². The highest BCUT2D eigenvalue weighted by Gasteiger charge is 2.33. The zero-order chi connectivity index (χ0) is 12.3. The molecule has 2 unspecified atom stereocenters. The second kappa shape index (κ2) is 6.76.